The summed E-state index contributed by atoms with van der Waals surface area (Å²) in [7, 11) is 1.99. The number of anilines is 1. The fraction of sp³-hybridized carbons (Fsp3) is 0.500. The standard InChI is InChI=1S/C12H20N4O/c1-4-5-9(2)16(3)11-8-14-7-6-10(11)12(13)15-17/h6-9,17H,4-5H2,1-3H3,(H2,13,15). The summed E-state index contributed by atoms with van der Waals surface area (Å²) in [4.78, 5) is 6.19. The van der Waals surface area contributed by atoms with E-state index in [-0.39, 0.29) is 5.84 Å². The first-order chi connectivity index (χ1) is 8.11. The minimum absolute atomic E-state index is 0.109. The van der Waals surface area contributed by atoms with Crippen LogP contribution in [0.3, 0.4) is 0 Å². The van der Waals surface area contributed by atoms with Crippen molar-refractivity contribution in [1.29, 1.82) is 0 Å². The number of hydrogen-bond donors (Lipinski definition) is 2. The van der Waals surface area contributed by atoms with Gasteiger partial charge in [-0.1, -0.05) is 18.5 Å². The van der Waals surface area contributed by atoms with Crippen LogP contribution in [0, 0.1) is 0 Å². The van der Waals surface area contributed by atoms with Crippen LogP contribution in [-0.4, -0.2) is 29.1 Å². The average Bonchev–Trinajstić information content (AvgIpc) is 2.37. The Bertz CT molecular complexity index is 392. The number of nitrogens with two attached hydrogens (primary N) is 1. The summed E-state index contributed by atoms with van der Waals surface area (Å²) in [5.74, 6) is 0.109. The topological polar surface area (TPSA) is 74.7 Å². The van der Waals surface area contributed by atoms with Crippen molar-refractivity contribution in [3.63, 3.8) is 0 Å². The molecule has 1 heterocycles. The fourth-order valence-electron chi connectivity index (χ4n) is 1.79. The Balaban J connectivity index is 3.04. The molecule has 5 nitrogen and oxygen atoms in total. The molecule has 94 valence electrons. The van der Waals surface area contributed by atoms with Crippen molar-refractivity contribution >= 4 is 11.5 Å². The third-order valence-corrected chi connectivity index (χ3v) is 2.93. The molecule has 0 aliphatic heterocycles. The summed E-state index contributed by atoms with van der Waals surface area (Å²) in [6.07, 6.45) is 5.57. The van der Waals surface area contributed by atoms with Crippen LogP contribution in [-0.2, 0) is 0 Å². The lowest BCUT2D eigenvalue weighted by Gasteiger charge is -2.28. The maximum absolute atomic E-state index is 8.76. The van der Waals surface area contributed by atoms with Gasteiger partial charge in [-0.05, 0) is 19.4 Å². The van der Waals surface area contributed by atoms with Gasteiger partial charge >= 0.3 is 0 Å². The van der Waals surface area contributed by atoms with Gasteiger partial charge in [0.25, 0.3) is 0 Å². The minimum Gasteiger partial charge on any atom is -0.409 e. The predicted molar refractivity (Wildman–Crippen MR) is 69.5 cm³/mol. The SMILES string of the molecule is CCCC(C)N(C)c1cnccc1/C(N)=N/O. The Kier molecular flexibility index (Phi) is 4.75. The predicted octanol–water partition coefficient (Wildman–Crippen LogP) is 1.80. The molecule has 1 aromatic heterocycles. The molecular weight excluding hydrogens is 216 g/mol. The summed E-state index contributed by atoms with van der Waals surface area (Å²) in [6.45, 7) is 4.30. The van der Waals surface area contributed by atoms with Gasteiger partial charge in [0, 0.05) is 24.8 Å². The van der Waals surface area contributed by atoms with Crippen LogP contribution in [0.1, 0.15) is 32.3 Å². The molecule has 0 radical (unpaired) electrons. The second-order valence-corrected chi connectivity index (χ2v) is 4.13. The second-order valence-electron chi connectivity index (χ2n) is 4.13. The van der Waals surface area contributed by atoms with Crippen LogP contribution < -0.4 is 10.6 Å². The number of aromatic nitrogens is 1. The molecule has 1 atom stereocenters. The van der Waals surface area contributed by atoms with E-state index < -0.39 is 0 Å². The lowest BCUT2D eigenvalue weighted by atomic mass is 10.1. The Morgan fingerprint density at radius 3 is 2.94 bits per heavy atom. The van der Waals surface area contributed by atoms with Crippen molar-refractivity contribution in [1.82, 2.24) is 4.98 Å². The molecular formula is C12H20N4O. The lowest BCUT2D eigenvalue weighted by Crippen LogP contribution is -2.31. The van der Waals surface area contributed by atoms with E-state index in [1.807, 2.05) is 7.05 Å². The Morgan fingerprint density at radius 1 is 1.65 bits per heavy atom. The summed E-state index contributed by atoms with van der Waals surface area (Å²) in [5, 5.41) is 11.8. The summed E-state index contributed by atoms with van der Waals surface area (Å²) in [6, 6.07) is 2.13. The first kappa shape index (κ1) is 13.3. The number of nitrogens with zero attached hydrogens (tertiary/aromatic N) is 3. The van der Waals surface area contributed by atoms with Gasteiger partial charge in [0.05, 0.1) is 11.9 Å². The van der Waals surface area contributed by atoms with Crippen molar-refractivity contribution in [2.24, 2.45) is 10.9 Å². The number of rotatable bonds is 5. The lowest BCUT2D eigenvalue weighted by molar-refractivity contribution is 0.318. The molecule has 1 rings (SSSR count). The maximum atomic E-state index is 8.76. The fourth-order valence-corrected chi connectivity index (χ4v) is 1.79. The van der Waals surface area contributed by atoms with Crippen LogP contribution in [0.15, 0.2) is 23.6 Å². The van der Waals surface area contributed by atoms with Gasteiger partial charge in [0.15, 0.2) is 5.84 Å². The Hall–Kier alpha value is -1.78. The Morgan fingerprint density at radius 2 is 2.35 bits per heavy atom. The van der Waals surface area contributed by atoms with E-state index in [0.717, 1.165) is 18.5 Å². The highest BCUT2D eigenvalue weighted by Crippen LogP contribution is 2.21. The third kappa shape index (κ3) is 3.09. The van der Waals surface area contributed by atoms with Gasteiger partial charge in [-0.2, -0.15) is 0 Å². The summed E-state index contributed by atoms with van der Waals surface area (Å²) < 4.78 is 0. The monoisotopic (exact) mass is 236 g/mol. The molecule has 17 heavy (non-hydrogen) atoms. The quantitative estimate of drug-likeness (QED) is 0.354. The van der Waals surface area contributed by atoms with Crippen LogP contribution in [0.5, 0.6) is 0 Å². The molecule has 0 amide bonds. The van der Waals surface area contributed by atoms with E-state index in [4.69, 9.17) is 10.9 Å². The highest BCUT2D eigenvalue weighted by atomic mass is 16.4. The maximum Gasteiger partial charge on any atom is 0.172 e. The van der Waals surface area contributed by atoms with Crippen LogP contribution in [0.4, 0.5) is 5.69 Å². The van der Waals surface area contributed by atoms with Gasteiger partial charge in [0.1, 0.15) is 0 Å². The van der Waals surface area contributed by atoms with E-state index in [1.165, 1.54) is 0 Å². The highest BCUT2D eigenvalue weighted by Gasteiger charge is 2.15. The first-order valence-corrected chi connectivity index (χ1v) is 5.76. The third-order valence-electron chi connectivity index (χ3n) is 2.93. The van der Waals surface area contributed by atoms with Gasteiger partial charge in [0.2, 0.25) is 0 Å². The van der Waals surface area contributed by atoms with E-state index >= 15 is 0 Å². The molecule has 0 fully saturated rings. The molecule has 5 heteroatoms. The number of hydrogen-bond acceptors (Lipinski definition) is 4. The highest BCUT2D eigenvalue weighted by molar-refractivity contribution is 6.01. The Labute approximate surface area is 102 Å². The first-order valence-electron chi connectivity index (χ1n) is 5.76. The molecule has 0 aromatic carbocycles. The molecule has 0 aliphatic rings. The molecule has 1 unspecified atom stereocenters. The van der Waals surface area contributed by atoms with Gasteiger partial charge < -0.3 is 15.8 Å². The van der Waals surface area contributed by atoms with Gasteiger partial charge in [-0.3, -0.25) is 4.98 Å². The number of amidine groups is 1. The van der Waals surface area contributed by atoms with Crippen molar-refractivity contribution in [3.8, 4) is 0 Å². The zero-order valence-corrected chi connectivity index (χ0v) is 10.6. The number of oxime groups is 1. The van der Waals surface area contributed by atoms with Crippen LogP contribution in [0.2, 0.25) is 0 Å². The van der Waals surface area contributed by atoms with Crippen molar-refractivity contribution < 1.29 is 5.21 Å². The van der Waals surface area contributed by atoms with Crippen molar-refractivity contribution in [2.75, 3.05) is 11.9 Å². The van der Waals surface area contributed by atoms with E-state index in [9.17, 15) is 0 Å². The zero-order valence-electron chi connectivity index (χ0n) is 10.6. The molecule has 1 aromatic rings. The van der Waals surface area contributed by atoms with Crippen molar-refractivity contribution in [3.05, 3.63) is 24.0 Å². The summed E-state index contributed by atoms with van der Waals surface area (Å²) in [5.41, 5.74) is 7.23. The second kappa shape index (κ2) is 6.08. The molecule has 0 bridgehead atoms. The van der Waals surface area contributed by atoms with Gasteiger partial charge in [-0.25, -0.2) is 0 Å². The zero-order chi connectivity index (χ0) is 12.8. The van der Waals surface area contributed by atoms with Gasteiger partial charge in [-0.15, -0.1) is 0 Å². The molecule has 0 spiro atoms. The molecule has 0 saturated heterocycles. The average molecular weight is 236 g/mol. The van der Waals surface area contributed by atoms with E-state index in [1.54, 1.807) is 18.5 Å². The number of pyridine rings is 1. The van der Waals surface area contributed by atoms with Crippen LogP contribution in [0.25, 0.3) is 0 Å². The normalized spacial score (nSPS) is 13.5. The molecule has 0 aliphatic carbocycles. The minimum atomic E-state index is 0.109. The largest absolute Gasteiger partial charge is 0.409 e. The van der Waals surface area contributed by atoms with Crippen LogP contribution >= 0.6 is 0 Å². The van der Waals surface area contributed by atoms with E-state index in [0.29, 0.717) is 11.6 Å². The molecule has 0 saturated carbocycles. The molecule has 3 N–H and O–H groups in total. The van der Waals surface area contributed by atoms with E-state index in [2.05, 4.69) is 28.9 Å². The van der Waals surface area contributed by atoms with Crippen molar-refractivity contribution in [2.45, 2.75) is 32.7 Å². The summed E-state index contributed by atoms with van der Waals surface area (Å²) >= 11 is 0. The smallest absolute Gasteiger partial charge is 0.172 e.